The number of rotatable bonds is 3. The summed E-state index contributed by atoms with van der Waals surface area (Å²) in [6, 6.07) is 0.693. The number of alkyl halides is 2. The number of nitrogens with one attached hydrogen (secondary N) is 2. The van der Waals surface area contributed by atoms with Crippen LogP contribution >= 0.6 is 0 Å². The second-order valence-electron chi connectivity index (χ2n) is 4.03. The molecule has 1 heterocycles. The molecule has 13 heavy (non-hydrogen) atoms. The molecule has 1 aliphatic heterocycles. The van der Waals surface area contributed by atoms with Crippen LogP contribution in [0.1, 0.15) is 26.7 Å². The van der Waals surface area contributed by atoms with E-state index in [0.717, 1.165) is 26.3 Å². The van der Waals surface area contributed by atoms with Gasteiger partial charge in [-0.15, -0.1) is 0 Å². The highest BCUT2D eigenvalue weighted by atomic mass is 19.3. The second kappa shape index (κ2) is 4.33. The third kappa shape index (κ3) is 4.52. The van der Waals surface area contributed by atoms with E-state index in [-0.39, 0.29) is 12.6 Å². The Morgan fingerprint density at radius 2 is 2.23 bits per heavy atom. The summed E-state index contributed by atoms with van der Waals surface area (Å²) in [6.45, 7) is 3.75. The minimum absolute atomic E-state index is 0.204. The van der Waals surface area contributed by atoms with Crippen molar-refractivity contribution in [1.29, 1.82) is 0 Å². The first-order chi connectivity index (χ1) is 5.97. The molecule has 0 amide bonds. The van der Waals surface area contributed by atoms with E-state index >= 15 is 0 Å². The van der Waals surface area contributed by atoms with E-state index in [2.05, 4.69) is 17.6 Å². The molecule has 2 N–H and O–H groups in total. The lowest BCUT2D eigenvalue weighted by molar-refractivity contribution is 0.0184. The van der Waals surface area contributed by atoms with Gasteiger partial charge in [0.15, 0.2) is 0 Å². The fraction of sp³-hybridized carbons (Fsp3) is 1.00. The molecular formula is C9H18F2N2. The van der Waals surface area contributed by atoms with E-state index in [1.807, 2.05) is 0 Å². The summed E-state index contributed by atoms with van der Waals surface area (Å²) in [5.74, 6) is -2.59. The van der Waals surface area contributed by atoms with Crippen molar-refractivity contribution in [3.05, 3.63) is 0 Å². The molecule has 2 unspecified atom stereocenters. The Morgan fingerprint density at radius 3 is 2.77 bits per heavy atom. The van der Waals surface area contributed by atoms with E-state index in [4.69, 9.17) is 0 Å². The van der Waals surface area contributed by atoms with Crippen LogP contribution in [0.5, 0.6) is 0 Å². The molecule has 1 fully saturated rings. The fourth-order valence-corrected chi connectivity index (χ4v) is 1.64. The van der Waals surface area contributed by atoms with Gasteiger partial charge in [0, 0.05) is 19.0 Å². The van der Waals surface area contributed by atoms with Crippen molar-refractivity contribution in [2.75, 3.05) is 13.1 Å². The normalized spacial score (nSPS) is 30.5. The smallest absolute Gasteiger partial charge is 0.257 e. The summed E-state index contributed by atoms with van der Waals surface area (Å²) in [5, 5.41) is 6.18. The van der Waals surface area contributed by atoms with Crippen LogP contribution in [-0.2, 0) is 0 Å². The van der Waals surface area contributed by atoms with Gasteiger partial charge < -0.3 is 10.6 Å². The zero-order valence-electron chi connectivity index (χ0n) is 8.24. The van der Waals surface area contributed by atoms with E-state index in [1.54, 1.807) is 0 Å². The van der Waals surface area contributed by atoms with Gasteiger partial charge in [-0.1, -0.05) is 0 Å². The topological polar surface area (TPSA) is 24.1 Å². The van der Waals surface area contributed by atoms with Crippen LogP contribution in [0.4, 0.5) is 8.78 Å². The lowest BCUT2D eigenvalue weighted by atomic mass is 10.0. The summed E-state index contributed by atoms with van der Waals surface area (Å²) in [5.41, 5.74) is 0. The zero-order valence-corrected chi connectivity index (χ0v) is 8.24. The Labute approximate surface area is 78.1 Å². The Kier molecular flexibility index (Phi) is 3.62. The summed E-state index contributed by atoms with van der Waals surface area (Å²) < 4.78 is 25.0. The molecule has 0 bridgehead atoms. The van der Waals surface area contributed by atoms with Crippen LogP contribution in [0.15, 0.2) is 0 Å². The minimum atomic E-state index is -2.59. The molecule has 0 aromatic heterocycles. The predicted molar refractivity (Wildman–Crippen MR) is 49.1 cm³/mol. The Balaban J connectivity index is 2.21. The van der Waals surface area contributed by atoms with Gasteiger partial charge in [0.1, 0.15) is 0 Å². The molecule has 78 valence electrons. The SMILES string of the molecule is CC1CC(NCC(C)(F)F)CCN1. The molecule has 0 spiro atoms. The highest BCUT2D eigenvalue weighted by Gasteiger charge is 2.24. The van der Waals surface area contributed by atoms with Crippen molar-refractivity contribution in [2.45, 2.75) is 44.7 Å². The Bertz CT molecular complexity index is 156. The molecule has 1 saturated heterocycles. The first kappa shape index (κ1) is 10.9. The fourth-order valence-electron chi connectivity index (χ4n) is 1.64. The molecule has 0 radical (unpaired) electrons. The maximum atomic E-state index is 12.5. The first-order valence-electron chi connectivity index (χ1n) is 4.82. The van der Waals surface area contributed by atoms with Crippen molar-refractivity contribution in [1.82, 2.24) is 10.6 Å². The standard InChI is InChI=1S/C9H18F2N2/c1-7-5-8(3-4-12-7)13-6-9(2,10)11/h7-8,12-13H,3-6H2,1-2H3. The summed E-state index contributed by atoms with van der Waals surface area (Å²) in [4.78, 5) is 0. The molecule has 1 rings (SSSR count). The Morgan fingerprint density at radius 1 is 1.54 bits per heavy atom. The molecule has 0 aromatic rings. The maximum absolute atomic E-state index is 12.5. The Hall–Kier alpha value is -0.220. The van der Waals surface area contributed by atoms with Crippen molar-refractivity contribution in [3.63, 3.8) is 0 Å². The molecular weight excluding hydrogens is 174 g/mol. The molecule has 0 saturated carbocycles. The van der Waals surface area contributed by atoms with Gasteiger partial charge in [0.25, 0.3) is 5.92 Å². The molecule has 0 aliphatic carbocycles. The minimum Gasteiger partial charge on any atom is -0.314 e. The van der Waals surface area contributed by atoms with E-state index in [0.29, 0.717) is 6.04 Å². The number of hydrogen-bond donors (Lipinski definition) is 2. The van der Waals surface area contributed by atoms with E-state index < -0.39 is 5.92 Å². The average Bonchev–Trinajstić information content (AvgIpc) is 2.00. The van der Waals surface area contributed by atoms with E-state index in [9.17, 15) is 8.78 Å². The van der Waals surface area contributed by atoms with Crippen molar-refractivity contribution < 1.29 is 8.78 Å². The molecule has 2 nitrogen and oxygen atoms in total. The summed E-state index contributed by atoms with van der Waals surface area (Å²) >= 11 is 0. The number of piperidine rings is 1. The average molecular weight is 192 g/mol. The lowest BCUT2D eigenvalue weighted by Gasteiger charge is -2.29. The van der Waals surface area contributed by atoms with Crippen LogP contribution in [0.3, 0.4) is 0 Å². The summed E-state index contributed by atoms with van der Waals surface area (Å²) in [7, 11) is 0. The molecule has 0 aromatic carbocycles. The van der Waals surface area contributed by atoms with Crippen molar-refractivity contribution in [2.24, 2.45) is 0 Å². The highest BCUT2D eigenvalue weighted by Crippen LogP contribution is 2.12. The van der Waals surface area contributed by atoms with Gasteiger partial charge in [-0.25, -0.2) is 8.78 Å². The van der Waals surface area contributed by atoms with Crippen molar-refractivity contribution >= 4 is 0 Å². The van der Waals surface area contributed by atoms with Crippen LogP contribution in [0.2, 0.25) is 0 Å². The second-order valence-corrected chi connectivity index (χ2v) is 4.03. The number of halogens is 2. The predicted octanol–water partition coefficient (Wildman–Crippen LogP) is 1.37. The largest absolute Gasteiger partial charge is 0.314 e. The lowest BCUT2D eigenvalue weighted by Crippen LogP contribution is -2.47. The zero-order chi connectivity index (χ0) is 9.90. The van der Waals surface area contributed by atoms with Crippen LogP contribution < -0.4 is 10.6 Å². The van der Waals surface area contributed by atoms with Crippen molar-refractivity contribution in [3.8, 4) is 0 Å². The van der Waals surface area contributed by atoms with Gasteiger partial charge in [-0.3, -0.25) is 0 Å². The third-order valence-electron chi connectivity index (χ3n) is 2.32. The summed E-state index contributed by atoms with van der Waals surface area (Å²) in [6.07, 6.45) is 1.89. The molecule has 1 aliphatic rings. The van der Waals surface area contributed by atoms with Crippen LogP contribution in [0, 0.1) is 0 Å². The van der Waals surface area contributed by atoms with Gasteiger partial charge >= 0.3 is 0 Å². The quantitative estimate of drug-likeness (QED) is 0.705. The van der Waals surface area contributed by atoms with Gasteiger partial charge in [0.2, 0.25) is 0 Å². The maximum Gasteiger partial charge on any atom is 0.257 e. The van der Waals surface area contributed by atoms with Crippen LogP contribution in [0.25, 0.3) is 0 Å². The van der Waals surface area contributed by atoms with Gasteiger partial charge in [0.05, 0.1) is 6.54 Å². The monoisotopic (exact) mass is 192 g/mol. The molecule has 2 atom stereocenters. The van der Waals surface area contributed by atoms with Crippen LogP contribution in [-0.4, -0.2) is 31.1 Å². The highest BCUT2D eigenvalue weighted by molar-refractivity contribution is 4.81. The third-order valence-corrected chi connectivity index (χ3v) is 2.32. The number of hydrogen-bond acceptors (Lipinski definition) is 2. The molecule has 4 heteroatoms. The van der Waals surface area contributed by atoms with E-state index in [1.165, 1.54) is 0 Å². The first-order valence-corrected chi connectivity index (χ1v) is 4.82. The van der Waals surface area contributed by atoms with Gasteiger partial charge in [-0.05, 0) is 26.3 Å². The van der Waals surface area contributed by atoms with Gasteiger partial charge in [-0.2, -0.15) is 0 Å².